The number of hydrogen-bond donors (Lipinski definition) is 0. The van der Waals surface area contributed by atoms with Crippen LogP contribution < -0.4 is 0 Å². The molecule has 0 aliphatic heterocycles. The van der Waals surface area contributed by atoms with Crippen LogP contribution in [0.3, 0.4) is 0 Å². The lowest BCUT2D eigenvalue weighted by Gasteiger charge is -2.21. The van der Waals surface area contributed by atoms with Crippen LogP contribution in [0.1, 0.15) is 55.9 Å². The highest BCUT2D eigenvalue weighted by atomic mass is 15.1. The Morgan fingerprint density at radius 3 is 2.12 bits per heavy atom. The second kappa shape index (κ2) is 6.20. The first-order chi connectivity index (χ1) is 7.99. The molecule has 0 saturated carbocycles. The Bertz CT molecular complexity index is 362. The van der Waals surface area contributed by atoms with Gasteiger partial charge in [-0.05, 0) is 55.1 Å². The van der Waals surface area contributed by atoms with Crippen molar-refractivity contribution in [3.05, 3.63) is 34.4 Å². The lowest BCUT2D eigenvalue weighted by atomic mass is 9.94. The van der Waals surface area contributed by atoms with Gasteiger partial charge in [-0.2, -0.15) is 0 Å². The van der Waals surface area contributed by atoms with Gasteiger partial charge >= 0.3 is 0 Å². The van der Waals surface area contributed by atoms with Crippen LogP contribution in [0, 0.1) is 13.8 Å². The molecule has 1 rings (SSSR count). The van der Waals surface area contributed by atoms with Crippen molar-refractivity contribution in [2.75, 3.05) is 13.1 Å². The van der Waals surface area contributed by atoms with Gasteiger partial charge in [-0.3, -0.25) is 4.90 Å². The first kappa shape index (κ1) is 14.2. The van der Waals surface area contributed by atoms with Crippen LogP contribution in [0.2, 0.25) is 0 Å². The third-order valence-electron chi connectivity index (χ3n) is 3.75. The first-order valence-corrected chi connectivity index (χ1v) is 6.81. The molecule has 17 heavy (non-hydrogen) atoms. The van der Waals surface area contributed by atoms with Crippen molar-refractivity contribution in [1.29, 1.82) is 0 Å². The van der Waals surface area contributed by atoms with Crippen LogP contribution in [0.5, 0.6) is 0 Å². The van der Waals surface area contributed by atoms with Gasteiger partial charge in [-0.1, -0.05) is 39.8 Å². The molecule has 0 saturated heterocycles. The van der Waals surface area contributed by atoms with E-state index in [4.69, 9.17) is 0 Å². The summed E-state index contributed by atoms with van der Waals surface area (Å²) in [5.74, 6) is 0.616. The Morgan fingerprint density at radius 1 is 1.06 bits per heavy atom. The summed E-state index contributed by atoms with van der Waals surface area (Å²) >= 11 is 0. The summed E-state index contributed by atoms with van der Waals surface area (Å²) in [4.78, 5) is 2.48. The maximum Gasteiger partial charge on any atom is 0.0236 e. The van der Waals surface area contributed by atoms with Gasteiger partial charge in [0.25, 0.3) is 0 Å². The highest BCUT2D eigenvalue weighted by Crippen LogP contribution is 2.23. The molecule has 1 aromatic carbocycles. The van der Waals surface area contributed by atoms with Crippen molar-refractivity contribution in [3.63, 3.8) is 0 Å². The van der Waals surface area contributed by atoms with E-state index >= 15 is 0 Å². The summed E-state index contributed by atoms with van der Waals surface area (Å²) in [7, 11) is 0. The zero-order valence-electron chi connectivity index (χ0n) is 12.3. The molecule has 0 bridgehead atoms. The van der Waals surface area contributed by atoms with Gasteiger partial charge in [0.2, 0.25) is 0 Å². The van der Waals surface area contributed by atoms with Crippen LogP contribution in [-0.2, 0) is 6.54 Å². The van der Waals surface area contributed by atoms with Gasteiger partial charge in [0.1, 0.15) is 0 Å². The average molecular weight is 233 g/mol. The highest BCUT2D eigenvalue weighted by molar-refractivity contribution is 5.38. The fourth-order valence-electron chi connectivity index (χ4n) is 2.15. The van der Waals surface area contributed by atoms with E-state index in [1.807, 2.05) is 0 Å². The van der Waals surface area contributed by atoms with Gasteiger partial charge in [0.05, 0.1) is 0 Å². The van der Waals surface area contributed by atoms with E-state index in [1.165, 1.54) is 22.3 Å². The topological polar surface area (TPSA) is 3.24 Å². The monoisotopic (exact) mass is 233 g/mol. The van der Waals surface area contributed by atoms with Gasteiger partial charge < -0.3 is 0 Å². The van der Waals surface area contributed by atoms with Crippen molar-refractivity contribution >= 4 is 0 Å². The molecule has 1 aromatic rings. The maximum absolute atomic E-state index is 2.48. The average Bonchev–Trinajstić information content (AvgIpc) is 2.30. The zero-order valence-corrected chi connectivity index (χ0v) is 12.3. The maximum atomic E-state index is 2.48. The second-order valence-electron chi connectivity index (χ2n) is 5.24. The van der Waals surface area contributed by atoms with E-state index in [-0.39, 0.29) is 0 Å². The first-order valence-electron chi connectivity index (χ1n) is 6.81. The van der Waals surface area contributed by atoms with E-state index in [0.29, 0.717) is 5.92 Å². The number of rotatable bonds is 5. The minimum Gasteiger partial charge on any atom is -0.300 e. The third kappa shape index (κ3) is 3.57. The molecule has 0 amide bonds. The minimum atomic E-state index is 0.616. The molecule has 0 fully saturated rings. The molecule has 0 aliphatic carbocycles. The molecule has 96 valence electrons. The van der Waals surface area contributed by atoms with Crippen molar-refractivity contribution < 1.29 is 0 Å². The molecule has 1 heteroatoms. The van der Waals surface area contributed by atoms with E-state index in [9.17, 15) is 0 Å². The molecule has 0 heterocycles. The van der Waals surface area contributed by atoms with E-state index in [2.05, 4.69) is 58.6 Å². The summed E-state index contributed by atoms with van der Waals surface area (Å²) in [6.07, 6.45) is 0. The Labute approximate surface area is 107 Å². The molecule has 0 N–H and O–H groups in total. The zero-order chi connectivity index (χ0) is 13.0. The van der Waals surface area contributed by atoms with Crippen molar-refractivity contribution in [2.45, 2.75) is 54.0 Å². The lowest BCUT2D eigenvalue weighted by molar-refractivity contribution is 0.295. The molecule has 0 atom stereocenters. The van der Waals surface area contributed by atoms with Gasteiger partial charge in [-0.25, -0.2) is 0 Å². The highest BCUT2D eigenvalue weighted by Gasteiger charge is 2.09. The van der Waals surface area contributed by atoms with Gasteiger partial charge in [-0.15, -0.1) is 0 Å². The third-order valence-corrected chi connectivity index (χ3v) is 3.75. The summed E-state index contributed by atoms with van der Waals surface area (Å²) in [6.45, 7) is 16.8. The van der Waals surface area contributed by atoms with Crippen LogP contribution in [0.25, 0.3) is 0 Å². The van der Waals surface area contributed by atoms with Gasteiger partial charge in [0.15, 0.2) is 0 Å². The summed E-state index contributed by atoms with van der Waals surface area (Å²) in [5, 5.41) is 0. The predicted octanol–water partition coefficient (Wildman–Crippen LogP) is 4.27. The normalized spacial score (nSPS) is 11.5. The quantitative estimate of drug-likeness (QED) is 0.734. The number of benzene rings is 1. The summed E-state index contributed by atoms with van der Waals surface area (Å²) in [6, 6.07) is 4.73. The van der Waals surface area contributed by atoms with Crippen LogP contribution in [0.15, 0.2) is 12.1 Å². The predicted molar refractivity (Wildman–Crippen MR) is 76.6 cm³/mol. The fraction of sp³-hybridized carbons (Fsp3) is 0.625. The largest absolute Gasteiger partial charge is 0.300 e. The molecule has 1 nitrogen and oxygen atoms in total. The van der Waals surface area contributed by atoms with E-state index in [0.717, 1.165) is 19.6 Å². The minimum absolute atomic E-state index is 0.616. The van der Waals surface area contributed by atoms with E-state index in [1.54, 1.807) is 0 Å². The SMILES string of the molecule is CCN(CC)Cc1cc(C(C)C)cc(C)c1C. The van der Waals surface area contributed by atoms with Crippen LogP contribution in [0.4, 0.5) is 0 Å². The van der Waals surface area contributed by atoms with E-state index < -0.39 is 0 Å². The summed E-state index contributed by atoms with van der Waals surface area (Å²) < 4.78 is 0. The molecule has 0 spiro atoms. The fourth-order valence-corrected chi connectivity index (χ4v) is 2.15. The Hall–Kier alpha value is -0.820. The number of aryl methyl sites for hydroxylation is 1. The Balaban J connectivity index is 3.05. The van der Waals surface area contributed by atoms with Crippen molar-refractivity contribution in [1.82, 2.24) is 4.90 Å². The van der Waals surface area contributed by atoms with Crippen LogP contribution >= 0.6 is 0 Å². The molecule has 0 aromatic heterocycles. The lowest BCUT2D eigenvalue weighted by Crippen LogP contribution is -2.22. The smallest absolute Gasteiger partial charge is 0.0236 e. The molecule has 0 unspecified atom stereocenters. The van der Waals surface area contributed by atoms with Crippen molar-refractivity contribution in [3.8, 4) is 0 Å². The van der Waals surface area contributed by atoms with Crippen LogP contribution in [-0.4, -0.2) is 18.0 Å². The molecular formula is C16H27N. The summed E-state index contributed by atoms with van der Waals surface area (Å²) in [5.41, 5.74) is 5.85. The molecular weight excluding hydrogens is 206 g/mol. The Kier molecular flexibility index (Phi) is 5.20. The molecule has 0 radical (unpaired) electrons. The standard InChI is InChI=1S/C16H27N/c1-7-17(8-2)11-16-10-15(12(3)4)9-13(5)14(16)6/h9-10,12H,7-8,11H2,1-6H3. The number of hydrogen-bond acceptors (Lipinski definition) is 1. The van der Waals surface area contributed by atoms with Gasteiger partial charge in [0, 0.05) is 6.54 Å². The molecule has 0 aliphatic rings. The number of nitrogens with zero attached hydrogens (tertiary/aromatic N) is 1. The Morgan fingerprint density at radius 2 is 1.65 bits per heavy atom. The second-order valence-corrected chi connectivity index (χ2v) is 5.24. The van der Waals surface area contributed by atoms with Crippen molar-refractivity contribution in [2.24, 2.45) is 0 Å².